The van der Waals surface area contributed by atoms with E-state index in [2.05, 4.69) is 10.3 Å². The Morgan fingerprint density at radius 3 is 2.38 bits per heavy atom. The van der Waals surface area contributed by atoms with Gasteiger partial charge in [0.15, 0.2) is 0 Å². The maximum atomic E-state index is 14.8. The number of hydrogen-bond donors (Lipinski definition) is 1. The summed E-state index contributed by atoms with van der Waals surface area (Å²) in [6, 6.07) is 6.91. The summed E-state index contributed by atoms with van der Waals surface area (Å²) in [6.45, 7) is 4.93. The van der Waals surface area contributed by atoms with Gasteiger partial charge in [-0.25, -0.2) is 18.0 Å². The van der Waals surface area contributed by atoms with E-state index < -0.39 is 42.0 Å². The molecule has 2 aliphatic heterocycles. The number of nitrogens with zero attached hydrogens (tertiary/aromatic N) is 3. The van der Waals surface area contributed by atoms with Crippen molar-refractivity contribution in [1.29, 1.82) is 0 Å². The Hall–Kier alpha value is -2.99. The van der Waals surface area contributed by atoms with Gasteiger partial charge in [0.2, 0.25) is 0 Å². The van der Waals surface area contributed by atoms with Crippen LogP contribution in [0.25, 0.3) is 16.5 Å². The van der Waals surface area contributed by atoms with Crippen LogP contribution in [0, 0.1) is 5.82 Å². The number of halogens is 6. The number of rotatable bonds is 3. The molecule has 1 aromatic heterocycles. The van der Waals surface area contributed by atoms with Gasteiger partial charge in [0.1, 0.15) is 11.6 Å². The summed E-state index contributed by atoms with van der Waals surface area (Å²) in [5.41, 5.74) is -0.373. The first-order chi connectivity index (χ1) is 19.8. The first-order valence-corrected chi connectivity index (χ1v) is 14.9. The minimum Gasteiger partial charge on any atom is -0.353 e. The van der Waals surface area contributed by atoms with Crippen molar-refractivity contribution < 1.29 is 26.3 Å². The number of allylic oxidation sites excluding steroid dienone is 2. The Labute approximate surface area is 243 Å². The standard InChI is InChI=1S/C30H30F6N4OS/c1-16-12-39(13-17(2)37-16)27-22-11-23(30(34,35)36)24(19-7-9-29(32,33)10-8-19)26-25(22)40(28(41)38-27)14-20(15-42-26)18-3-5-21(31)6-4-18/h3-7,11,16-17,20,37H,8-10,12-15H2,1-2H3/t16-,17+,20-/m1/s1. The van der Waals surface area contributed by atoms with Crippen molar-refractivity contribution in [3.8, 4) is 0 Å². The second kappa shape index (κ2) is 10.6. The SMILES string of the molecule is C[C@@H]1CN(c2nc(=O)n3c4c(c(C5=CCC(F)(F)CC5)c(C(F)(F)F)cc24)SC[C@H](c2ccc(F)cc2)C3)C[C@H](C)N1. The lowest BCUT2D eigenvalue weighted by Crippen LogP contribution is -2.55. The van der Waals surface area contributed by atoms with Gasteiger partial charge >= 0.3 is 11.9 Å². The maximum Gasteiger partial charge on any atom is 0.417 e. The number of hydrogen-bond acceptors (Lipinski definition) is 5. The molecule has 1 N–H and O–H groups in total. The van der Waals surface area contributed by atoms with Gasteiger partial charge in [0, 0.05) is 72.1 Å². The molecule has 1 aliphatic carbocycles. The zero-order valence-corrected chi connectivity index (χ0v) is 23.9. The molecule has 42 heavy (non-hydrogen) atoms. The van der Waals surface area contributed by atoms with Crippen LogP contribution < -0.4 is 15.9 Å². The molecule has 224 valence electrons. The second-order valence-corrected chi connectivity index (χ2v) is 12.6. The van der Waals surface area contributed by atoms with E-state index in [-0.39, 0.29) is 58.2 Å². The number of aromatic nitrogens is 2. The summed E-state index contributed by atoms with van der Waals surface area (Å²) in [7, 11) is 0. The lowest BCUT2D eigenvalue weighted by molar-refractivity contribution is -0.137. The molecule has 3 atom stereocenters. The molecule has 0 radical (unpaired) electrons. The fourth-order valence-corrected chi connectivity index (χ4v) is 7.81. The molecule has 6 rings (SSSR count). The van der Waals surface area contributed by atoms with Gasteiger partial charge < -0.3 is 10.2 Å². The molecule has 1 fully saturated rings. The average molecular weight is 609 g/mol. The zero-order chi connectivity index (χ0) is 30.0. The van der Waals surface area contributed by atoms with Crippen molar-refractivity contribution >= 4 is 34.1 Å². The molecule has 2 aromatic carbocycles. The van der Waals surface area contributed by atoms with E-state index in [0.717, 1.165) is 11.6 Å². The Kier molecular flexibility index (Phi) is 7.36. The third-order valence-corrected chi connectivity index (χ3v) is 9.52. The molecular formula is C30H30F6N4OS. The lowest BCUT2D eigenvalue weighted by Gasteiger charge is -2.37. The van der Waals surface area contributed by atoms with Gasteiger partial charge in [0.05, 0.1) is 11.1 Å². The third-order valence-electron chi connectivity index (χ3n) is 8.26. The molecule has 0 saturated carbocycles. The molecular weight excluding hydrogens is 578 g/mol. The molecule has 1 saturated heterocycles. The van der Waals surface area contributed by atoms with Gasteiger partial charge in [-0.1, -0.05) is 18.2 Å². The molecule has 3 aliphatic rings. The van der Waals surface area contributed by atoms with Crippen LogP contribution in [0.15, 0.2) is 46.1 Å². The van der Waals surface area contributed by atoms with Crippen LogP contribution in [-0.2, 0) is 12.7 Å². The topological polar surface area (TPSA) is 50.2 Å². The van der Waals surface area contributed by atoms with Crippen molar-refractivity contribution in [3.63, 3.8) is 0 Å². The smallest absolute Gasteiger partial charge is 0.353 e. The highest BCUT2D eigenvalue weighted by molar-refractivity contribution is 7.99. The van der Waals surface area contributed by atoms with E-state index >= 15 is 0 Å². The number of alkyl halides is 5. The number of nitrogens with one attached hydrogen (secondary N) is 1. The summed E-state index contributed by atoms with van der Waals surface area (Å²) in [4.78, 5) is 20.2. The van der Waals surface area contributed by atoms with E-state index in [9.17, 15) is 31.1 Å². The molecule has 0 bridgehead atoms. The van der Waals surface area contributed by atoms with E-state index in [4.69, 9.17) is 0 Å². The predicted molar refractivity (Wildman–Crippen MR) is 152 cm³/mol. The summed E-state index contributed by atoms with van der Waals surface area (Å²) in [5, 5.41) is 3.59. The maximum absolute atomic E-state index is 14.8. The largest absolute Gasteiger partial charge is 0.417 e. The first-order valence-electron chi connectivity index (χ1n) is 14.0. The summed E-state index contributed by atoms with van der Waals surface area (Å²) < 4.78 is 87.8. The molecule has 0 unspecified atom stereocenters. The Bertz CT molecular complexity index is 1610. The minimum atomic E-state index is -4.79. The Morgan fingerprint density at radius 2 is 1.76 bits per heavy atom. The van der Waals surface area contributed by atoms with Crippen molar-refractivity contribution in [2.45, 2.75) is 74.7 Å². The molecule has 5 nitrogen and oxygen atoms in total. The highest BCUT2D eigenvalue weighted by Crippen LogP contribution is 2.50. The van der Waals surface area contributed by atoms with Gasteiger partial charge in [-0.2, -0.15) is 18.2 Å². The number of anilines is 1. The highest BCUT2D eigenvalue weighted by atomic mass is 32.2. The Balaban J connectivity index is 1.63. The van der Waals surface area contributed by atoms with Crippen LogP contribution in [0.4, 0.5) is 32.2 Å². The van der Waals surface area contributed by atoms with Gasteiger partial charge in [-0.15, -0.1) is 11.8 Å². The van der Waals surface area contributed by atoms with Crippen LogP contribution in [-0.4, -0.2) is 46.4 Å². The number of piperazine rings is 1. The van der Waals surface area contributed by atoms with Crippen molar-refractivity contribution in [3.05, 3.63) is 69.4 Å². The zero-order valence-electron chi connectivity index (χ0n) is 23.1. The quantitative estimate of drug-likeness (QED) is 0.331. The van der Waals surface area contributed by atoms with E-state index in [1.54, 1.807) is 12.1 Å². The van der Waals surface area contributed by atoms with E-state index in [0.29, 0.717) is 24.4 Å². The van der Waals surface area contributed by atoms with Crippen molar-refractivity contribution in [2.75, 3.05) is 23.7 Å². The summed E-state index contributed by atoms with van der Waals surface area (Å²) in [6.07, 6.45) is -4.99. The first kappa shape index (κ1) is 29.1. The highest BCUT2D eigenvalue weighted by Gasteiger charge is 2.41. The summed E-state index contributed by atoms with van der Waals surface area (Å²) in [5.74, 6) is -3.25. The molecule has 12 heteroatoms. The van der Waals surface area contributed by atoms with Crippen LogP contribution in [0.1, 0.15) is 55.7 Å². The van der Waals surface area contributed by atoms with Crippen molar-refractivity contribution in [1.82, 2.24) is 14.9 Å². The van der Waals surface area contributed by atoms with Crippen molar-refractivity contribution in [2.24, 2.45) is 0 Å². The average Bonchev–Trinajstić information content (AvgIpc) is 3.11. The normalized spacial score (nSPS) is 24.4. The fourth-order valence-electron chi connectivity index (χ4n) is 6.40. The van der Waals surface area contributed by atoms with Gasteiger partial charge in [0.25, 0.3) is 5.92 Å². The number of thioether (sulfide) groups is 1. The lowest BCUT2D eigenvalue weighted by atomic mass is 9.87. The predicted octanol–water partition coefficient (Wildman–Crippen LogP) is 6.83. The minimum absolute atomic E-state index is 0.0100. The third kappa shape index (κ3) is 5.43. The van der Waals surface area contributed by atoms with E-state index in [1.807, 2.05) is 18.7 Å². The van der Waals surface area contributed by atoms with Crippen LogP contribution in [0.3, 0.4) is 0 Å². The van der Waals surface area contributed by atoms with E-state index in [1.165, 1.54) is 34.5 Å². The molecule has 3 aromatic rings. The fraction of sp³-hybridized carbons (Fsp3) is 0.467. The number of benzene rings is 2. The molecule has 3 heterocycles. The summed E-state index contributed by atoms with van der Waals surface area (Å²) >= 11 is 1.18. The molecule has 0 amide bonds. The van der Waals surface area contributed by atoms with Gasteiger partial charge in [-0.05, 0) is 49.6 Å². The molecule has 0 spiro atoms. The van der Waals surface area contributed by atoms with Crippen LogP contribution in [0.2, 0.25) is 0 Å². The monoisotopic (exact) mass is 608 g/mol. The Morgan fingerprint density at radius 1 is 1.07 bits per heavy atom. The van der Waals surface area contributed by atoms with Crippen LogP contribution in [0.5, 0.6) is 0 Å². The van der Waals surface area contributed by atoms with Crippen LogP contribution >= 0.6 is 11.8 Å². The van der Waals surface area contributed by atoms with Gasteiger partial charge in [-0.3, -0.25) is 4.57 Å². The second-order valence-electron chi connectivity index (χ2n) is 11.6.